The minimum absolute atomic E-state index is 0.357. The molecule has 1 atom stereocenters. The van der Waals surface area contributed by atoms with Crippen molar-refractivity contribution in [3.63, 3.8) is 0 Å². The van der Waals surface area contributed by atoms with Crippen LogP contribution in [0.15, 0.2) is 50.8 Å². The molecule has 0 spiro atoms. The molecular weight excluding hydrogens is 232 g/mol. The Morgan fingerprint density at radius 3 is 2.47 bits per heavy atom. The fraction of sp³-hybridized carbons (Fsp3) is 0.286. The number of aliphatic hydroxyl groups excluding tert-OH is 1. The van der Waals surface area contributed by atoms with E-state index in [1.54, 1.807) is 18.0 Å². The fourth-order valence-electron chi connectivity index (χ4n) is 1.60. The van der Waals surface area contributed by atoms with E-state index < -0.39 is 0 Å². The van der Waals surface area contributed by atoms with Crippen molar-refractivity contribution in [2.45, 2.75) is 36.2 Å². The van der Waals surface area contributed by atoms with Gasteiger partial charge in [0, 0.05) is 4.90 Å². The van der Waals surface area contributed by atoms with Gasteiger partial charge in [0.2, 0.25) is 0 Å². The van der Waals surface area contributed by atoms with Gasteiger partial charge in [0.1, 0.15) is 5.76 Å². The van der Waals surface area contributed by atoms with Gasteiger partial charge in [0.15, 0.2) is 0 Å². The summed E-state index contributed by atoms with van der Waals surface area (Å²) in [7, 11) is 0. The van der Waals surface area contributed by atoms with Gasteiger partial charge in [-0.25, -0.2) is 0 Å². The summed E-state index contributed by atoms with van der Waals surface area (Å²) in [6.07, 6.45) is 2.09. The highest BCUT2D eigenvalue weighted by molar-refractivity contribution is 7.99. The predicted molar refractivity (Wildman–Crippen MR) is 69.3 cm³/mol. The number of aliphatic hydroxyl groups is 1. The van der Waals surface area contributed by atoms with Crippen molar-refractivity contribution in [2.24, 2.45) is 0 Å². The molecule has 0 aliphatic heterocycles. The SMILES string of the molecule is CCC(O)c1ccc(Sc2ccoc2C)cc1. The van der Waals surface area contributed by atoms with Crippen LogP contribution in [0.3, 0.4) is 0 Å². The molecule has 0 saturated heterocycles. The molecule has 2 nitrogen and oxygen atoms in total. The lowest BCUT2D eigenvalue weighted by atomic mass is 10.1. The van der Waals surface area contributed by atoms with E-state index in [9.17, 15) is 5.11 Å². The largest absolute Gasteiger partial charge is 0.468 e. The van der Waals surface area contributed by atoms with Crippen molar-refractivity contribution >= 4 is 11.8 Å². The van der Waals surface area contributed by atoms with Crippen molar-refractivity contribution in [2.75, 3.05) is 0 Å². The Kier molecular flexibility index (Phi) is 3.92. The predicted octanol–water partition coefficient (Wildman–Crippen LogP) is 4.18. The molecule has 0 bridgehead atoms. The zero-order valence-electron chi connectivity index (χ0n) is 10.0. The summed E-state index contributed by atoms with van der Waals surface area (Å²) >= 11 is 1.67. The first-order valence-corrected chi connectivity index (χ1v) is 6.52. The third-order valence-corrected chi connectivity index (χ3v) is 3.84. The van der Waals surface area contributed by atoms with Gasteiger partial charge in [-0.2, -0.15) is 0 Å². The summed E-state index contributed by atoms with van der Waals surface area (Å²) in [5, 5.41) is 9.70. The van der Waals surface area contributed by atoms with Crippen LogP contribution in [0.5, 0.6) is 0 Å². The van der Waals surface area contributed by atoms with Gasteiger partial charge >= 0.3 is 0 Å². The van der Waals surface area contributed by atoms with Crippen LogP contribution in [0.2, 0.25) is 0 Å². The molecule has 2 aromatic rings. The average Bonchev–Trinajstić information content (AvgIpc) is 2.75. The first-order chi connectivity index (χ1) is 8.20. The first kappa shape index (κ1) is 12.3. The number of aryl methyl sites for hydroxylation is 1. The van der Waals surface area contributed by atoms with Crippen LogP contribution in [-0.4, -0.2) is 5.11 Å². The summed E-state index contributed by atoms with van der Waals surface area (Å²) in [6.45, 7) is 3.93. The second kappa shape index (κ2) is 5.43. The van der Waals surface area contributed by atoms with E-state index in [1.165, 1.54) is 0 Å². The van der Waals surface area contributed by atoms with Crippen molar-refractivity contribution in [1.82, 2.24) is 0 Å². The summed E-state index contributed by atoms with van der Waals surface area (Å²) < 4.78 is 5.26. The van der Waals surface area contributed by atoms with Gasteiger partial charge in [0.05, 0.1) is 17.3 Å². The Hall–Kier alpha value is -1.19. The molecule has 0 aliphatic rings. The Morgan fingerprint density at radius 2 is 1.94 bits per heavy atom. The quantitative estimate of drug-likeness (QED) is 0.881. The third kappa shape index (κ3) is 2.93. The van der Waals surface area contributed by atoms with Crippen molar-refractivity contribution in [3.05, 3.63) is 47.9 Å². The number of hydrogen-bond donors (Lipinski definition) is 1. The van der Waals surface area contributed by atoms with E-state index in [0.29, 0.717) is 0 Å². The second-order valence-corrected chi connectivity index (χ2v) is 5.05. The van der Waals surface area contributed by atoms with Gasteiger partial charge < -0.3 is 9.52 Å². The van der Waals surface area contributed by atoms with Crippen LogP contribution in [0.1, 0.15) is 30.8 Å². The van der Waals surface area contributed by atoms with Gasteiger partial charge in [-0.3, -0.25) is 0 Å². The minimum atomic E-state index is -0.357. The van der Waals surface area contributed by atoms with Crippen LogP contribution in [0.25, 0.3) is 0 Å². The standard InChI is InChI=1S/C14H16O2S/c1-3-13(15)11-4-6-12(7-5-11)17-14-8-9-16-10(14)2/h4-9,13,15H,3H2,1-2H3. The number of benzene rings is 1. The van der Waals surface area contributed by atoms with E-state index >= 15 is 0 Å². The maximum absolute atomic E-state index is 9.70. The summed E-state index contributed by atoms with van der Waals surface area (Å²) in [5.74, 6) is 0.938. The summed E-state index contributed by atoms with van der Waals surface area (Å²) in [5.41, 5.74) is 0.973. The molecule has 1 N–H and O–H groups in total. The lowest BCUT2D eigenvalue weighted by Crippen LogP contribution is -1.93. The Balaban J connectivity index is 2.11. The average molecular weight is 248 g/mol. The maximum atomic E-state index is 9.70. The normalized spacial score (nSPS) is 12.6. The van der Waals surface area contributed by atoms with Crippen LogP contribution >= 0.6 is 11.8 Å². The van der Waals surface area contributed by atoms with E-state index in [1.807, 2.05) is 44.2 Å². The molecule has 0 saturated carbocycles. The second-order valence-electron chi connectivity index (χ2n) is 3.94. The maximum Gasteiger partial charge on any atom is 0.114 e. The molecule has 1 heterocycles. The highest BCUT2D eigenvalue weighted by Gasteiger charge is 2.06. The molecule has 90 valence electrons. The highest BCUT2D eigenvalue weighted by Crippen LogP contribution is 2.31. The Bertz CT molecular complexity index is 473. The van der Waals surface area contributed by atoms with E-state index in [-0.39, 0.29) is 6.10 Å². The molecule has 0 aliphatic carbocycles. The molecule has 0 fully saturated rings. The topological polar surface area (TPSA) is 33.4 Å². The molecule has 1 unspecified atom stereocenters. The lowest BCUT2D eigenvalue weighted by Gasteiger charge is -2.08. The van der Waals surface area contributed by atoms with Crippen LogP contribution < -0.4 is 0 Å². The van der Waals surface area contributed by atoms with E-state index in [2.05, 4.69) is 0 Å². The van der Waals surface area contributed by atoms with Crippen LogP contribution in [0, 0.1) is 6.92 Å². The molecule has 3 heteroatoms. The molecule has 1 aromatic heterocycles. The van der Waals surface area contributed by atoms with Gasteiger partial charge in [-0.15, -0.1) is 0 Å². The van der Waals surface area contributed by atoms with Crippen molar-refractivity contribution < 1.29 is 9.52 Å². The Morgan fingerprint density at radius 1 is 1.24 bits per heavy atom. The van der Waals surface area contributed by atoms with Gasteiger partial charge in [0.25, 0.3) is 0 Å². The van der Waals surface area contributed by atoms with Gasteiger partial charge in [-0.05, 0) is 37.1 Å². The van der Waals surface area contributed by atoms with Crippen LogP contribution in [0.4, 0.5) is 0 Å². The summed E-state index contributed by atoms with van der Waals surface area (Å²) in [6, 6.07) is 9.99. The van der Waals surface area contributed by atoms with Crippen molar-refractivity contribution in [1.29, 1.82) is 0 Å². The number of hydrogen-bond acceptors (Lipinski definition) is 3. The van der Waals surface area contributed by atoms with Crippen molar-refractivity contribution in [3.8, 4) is 0 Å². The zero-order chi connectivity index (χ0) is 12.3. The van der Waals surface area contributed by atoms with Gasteiger partial charge in [-0.1, -0.05) is 30.8 Å². The lowest BCUT2D eigenvalue weighted by molar-refractivity contribution is 0.173. The van der Waals surface area contributed by atoms with E-state index in [0.717, 1.165) is 27.5 Å². The highest BCUT2D eigenvalue weighted by atomic mass is 32.2. The molecule has 17 heavy (non-hydrogen) atoms. The smallest absolute Gasteiger partial charge is 0.114 e. The molecule has 0 amide bonds. The number of furan rings is 1. The molecule has 0 radical (unpaired) electrons. The Labute approximate surface area is 106 Å². The summed E-state index contributed by atoms with van der Waals surface area (Å²) in [4.78, 5) is 2.29. The zero-order valence-corrected chi connectivity index (χ0v) is 10.8. The number of rotatable bonds is 4. The molecule has 2 rings (SSSR count). The monoisotopic (exact) mass is 248 g/mol. The first-order valence-electron chi connectivity index (χ1n) is 5.70. The molecular formula is C14H16O2S. The fourth-order valence-corrected chi connectivity index (χ4v) is 2.44. The van der Waals surface area contributed by atoms with Crippen LogP contribution in [-0.2, 0) is 0 Å². The van der Waals surface area contributed by atoms with E-state index in [4.69, 9.17) is 4.42 Å². The molecule has 1 aromatic carbocycles. The third-order valence-electron chi connectivity index (χ3n) is 2.69. The minimum Gasteiger partial charge on any atom is -0.468 e.